The van der Waals surface area contributed by atoms with Gasteiger partial charge in [-0.05, 0) is 30.7 Å². The summed E-state index contributed by atoms with van der Waals surface area (Å²) in [7, 11) is 0. The normalized spacial score (nSPS) is 16.8. The Balaban J connectivity index is 1.88. The number of halogens is 1. The number of Topliss-reactive ketones (excluding diaryl/α,β-unsaturated/α-hetero) is 1. The van der Waals surface area contributed by atoms with Crippen LogP contribution in [0.5, 0.6) is 0 Å². The van der Waals surface area contributed by atoms with E-state index in [0.717, 1.165) is 44.0 Å². The molecule has 0 bridgehead atoms. The second kappa shape index (κ2) is 6.32. The standard InChI is InChI=1S/C14H18ClNO2/c1-11-10-12(2-3-13(11)15)14(17)4-5-16-6-8-18-9-7-16/h2-3,10H,4-9H2,1H3. The first kappa shape index (κ1) is 13.5. The van der Waals surface area contributed by atoms with Gasteiger partial charge >= 0.3 is 0 Å². The van der Waals surface area contributed by atoms with Crippen LogP contribution in [0.15, 0.2) is 18.2 Å². The Bertz CT molecular complexity index is 428. The molecule has 0 N–H and O–H groups in total. The smallest absolute Gasteiger partial charge is 0.164 e. The second-order valence-corrected chi connectivity index (χ2v) is 5.00. The van der Waals surface area contributed by atoms with Crippen molar-refractivity contribution in [2.75, 3.05) is 32.8 Å². The largest absolute Gasteiger partial charge is 0.379 e. The first-order chi connectivity index (χ1) is 8.66. The molecule has 0 saturated carbocycles. The second-order valence-electron chi connectivity index (χ2n) is 4.59. The van der Waals surface area contributed by atoms with E-state index in [0.29, 0.717) is 11.4 Å². The van der Waals surface area contributed by atoms with Gasteiger partial charge in [-0.25, -0.2) is 0 Å². The van der Waals surface area contributed by atoms with Crippen molar-refractivity contribution < 1.29 is 9.53 Å². The van der Waals surface area contributed by atoms with Crippen molar-refractivity contribution in [3.8, 4) is 0 Å². The molecule has 1 aliphatic rings. The summed E-state index contributed by atoms with van der Waals surface area (Å²) in [5.41, 5.74) is 1.71. The first-order valence-electron chi connectivity index (χ1n) is 6.26. The maximum Gasteiger partial charge on any atom is 0.164 e. The van der Waals surface area contributed by atoms with Crippen molar-refractivity contribution in [3.05, 3.63) is 34.3 Å². The quantitative estimate of drug-likeness (QED) is 0.786. The zero-order chi connectivity index (χ0) is 13.0. The minimum atomic E-state index is 0.182. The van der Waals surface area contributed by atoms with Crippen molar-refractivity contribution in [1.82, 2.24) is 4.90 Å². The molecule has 3 nitrogen and oxygen atoms in total. The van der Waals surface area contributed by atoms with Crippen LogP contribution in [0.2, 0.25) is 5.02 Å². The molecule has 0 radical (unpaired) electrons. The summed E-state index contributed by atoms with van der Waals surface area (Å²) in [5, 5.41) is 0.708. The molecule has 4 heteroatoms. The van der Waals surface area contributed by atoms with Crippen molar-refractivity contribution >= 4 is 17.4 Å². The van der Waals surface area contributed by atoms with Crippen LogP contribution < -0.4 is 0 Å². The third kappa shape index (κ3) is 3.55. The van der Waals surface area contributed by atoms with Crippen LogP contribution in [0.4, 0.5) is 0 Å². The highest BCUT2D eigenvalue weighted by Gasteiger charge is 2.13. The van der Waals surface area contributed by atoms with Crippen molar-refractivity contribution in [2.45, 2.75) is 13.3 Å². The number of hydrogen-bond donors (Lipinski definition) is 0. The fourth-order valence-corrected chi connectivity index (χ4v) is 2.16. The molecule has 1 fully saturated rings. The van der Waals surface area contributed by atoms with Gasteiger partial charge in [0.25, 0.3) is 0 Å². The third-order valence-electron chi connectivity index (χ3n) is 3.24. The summed E-state index contributed by atoms with van der Waals surface area (Å²) in [5.74, 6) is 0.182. The highest BCUT2D eigenvalue weighted by molar-refractivity contribution is 6.31. The summed E-state index contributed by atoms with van der Waals surface area (Å²) in [6, 6.07) is 5.46. The van der Waals surface area contributed by atoms with E-state index in [9.17, 15) is 4.79 Å². The SMILES string of the molecule is Cc1cc(C(=O)CCN2CCOCC2)ccc1Cl. The summed E-state index contributed by atoms with van der Waals surface area (Å²) in [4.78, 5) is 14.3. The Morgan fingerprint density at radius 1 is 1.39 bits per heavy atom. The lowest BCUT2D eigenvalue weighted by molar-refractivity contribution is 0.0370. The number of carbonyl (C=O) groups is 1. The predicted octanol–water partition coefficient (Wildman–Crippen LogP) is 2.55. The van der Waals surface area contributed by atoms with Gasteiger partial charge in [-0.3, -0.25) is 9.69 Å². The lowest BCUT2D eigenvalue weighted by Gasteiger charge is -2.26. The average Bonchev–Trinajstić information content (AvgIpc) is 2.40. The van der Waals surface area contributed by atoms with Gasteiger partial charge in [0.1, 0.15) is 0 Å². The van der Waals surface area contributed by atoms with Crippen molar-refractivity contribution in [3.63, 3.8) is 0 Å². The van der Waals surface area contributed by atoms with Gasteiger partial charge in [-0.1, -0.05) is 11.6 Å². The maximum atomic E-state index is 12.0. The maximum absolute atomic E-state index is 12.0. The van der Waals surface area contributed by atoms with Gasteiger partial charge in [0, 0.05) is 36.6 Å². The topological polar surface area (TPSA) is 29.5 Å². The van der Waals surface area contributed by atoms with E-state index in [1.54, 1.807) is 12.1 Å². The Kier molecular flexibility index (Phi) is 4.75. The minimum Gasteiger partial charge on any atom is -0.379 e. The number of nitrogens with zero attached hydrogens (tertiary/aromatic N) is 1. The zero-order valence-electron chi connectivity index (χ0n) is 10.6. The van der Waals surface area contributed by atoms with Crippen LogP contribution in [0.25, 0.3) is 0 Å². The molecule has 1 aromatic carbocycles. The molecule has 0 aromatic heterocycles. The fraction of sp³-hybridized carbons (Fsp3) is 0.500. The van der Waals surface area contributed by atoms with Crippen LogP contribution in [0.3, 0.4) is 0 Å². The molecular weight excluding hydrogens is 250 g/mol. The zero-order valence-corrected chi connectivity index (χ0v) is 11.4. The van der Waals surface area contributed by atoms with Crippen LogP contribution in [0, 0.1) is 6.92 Å². The molecule has 0 aliphatic carbocycles. The molecule has 1 heterocycles. The number of ether oxygens (including phenoxy) is 1. The van der Waals surface area contributed by atoms with Crippen LogP contribution >= 0.6 is 11.6 Å². The van der Waals surface area contributed by atoms with Gasteiger partial charge in [-0.2, -0.15) is 0 Å². The Morgan fingerprint density at radius 3 is 2.78 bits per heavy atom. The molecule has 1 aromatic rings. The predicted molar refractivity (Wildman–Crippen MR) is 72.4 cm³/mol. The third-order valence-corrected chi connectivity index (χ3v) is 3.66. The number of ketones is 1. The molecule has 0 atom stereocenters. The van der Waals surface area contributed by atoms with Crippen molar-refractivity contribution in [1.29, 1.82) is 0 Å². The van der Waals surface area contributed by atoms with E-state index in [-0.39, 0.29) is 5.78 Å². The van der Waals surface area contributed by atoms with Crippen LogP contribution in [-0.2, 0) is 4.74 Å². The van der Waals surface area contributed by atoms with Gasteiger partial charge in [0.15, 0.2) is 5.78 Å². The van der Waals surface area contributed by atoms with Crippen LogP contribution in [-0.4, -0.2) is 43.5 Å². The van der Waals surface area contributed by atoms with E-state index in [2.05, 4.69) is 4.90 Å². The molecule has 0 unspecified atom stereocenters. The fourth-order valence-electron chi connectivity index (χ4n) is 2.05. The van der Waals surface area contributed by atoms with E-state index in [4.69, 9.17) is 16.3 Å². The minimum absolute atomic E-state index is 0.182. The molecular formula is C14H18ClNO2. The highest BCUT2D eigenvalue weighted by atomic mass is 35.5. The van der Waals surface area contributed by atoms with E-state index < -0.39 is 0 Å². The molecule has 1 saturated heterocycles. The summed E-state index contributed by atoms with van der Waals surface area (Å²) in [6.07, 6.45) is 0.557. The monoisotopic (exact) mass is 267 g/mol. The lowest BCUT2D eigenvalue weighted by atomic mass is 10.1. The highest BCUT2D eigenvalue weighted by Crippen LogP contribution is 2.17. The lowest BCUT2D eigenvalue weighted by Crippen LogP contribution is -2.37. The number of aryl methyl sites for hydroxylation is 1. The van der Waals surface area contributed by atoms with Gasteiger partial charge < -0.3 is 4.74 Å². The van der Waals surface area contributed by atoms with Gasteiger partial charge in [-0.15, -0.1) is 0 Å². The molecule has 98 valence electrons. The Hall–Kier alpha value is -0.900. The molecule has 0 spiro atoms. The summed E-state index contributed by atoms with van der Waals surface area (Å²) >= 11 is 5.95. The number of morpholine rings is 1. The molecule has 18 heavy (non-hydrogen) atoms. The average molecular weight is 268 g/mol. The van der Waals surface area contributed by atoms with E-state index in [1.165, 1.54) is 0 Å². The summed E-state index contributed by atoms with van der Waals surface area (Å²) < 4.78 is 5.28. The number of rotatable bonds is 4. The molecule has 0 amide bonds. The number of carbonyl (C=O) groups excluding carboxylic acids is 1. The number of hydrogen-bond acceptors (Lipinski definition) is 3. The molecule has 2 rings (SSSR count). The Labute approximate surface area is 113 Å². The van der Waals surface area contributed by atoms with Gasteiger partial charge in [0.05, 0.1) is 13.2 Å². The summed E-state index contributed by atoms with van der Waals surface area (Å²) in [6.45, 7) is 6.12. The van der Waals surface area contributed by atoms with Crippen molar-refractivity contribution in [2.24, 2.45) is 0 Å². The van der Waals surface area contributed by atoms with Crippen LogP contribution in [0.1, 0.15) is 22.3 Å². The van der Waals surface area contributed by atoms with E-state index >= 15 is 0 Å². The molecule has 1 aliphatic heterocycles. The first-order valence-corrected chi connectivity index (χ1v) is 6.64. The Morgan fingerprint density at radius 2 is 2.11 bits per heavy atom. The number of benzene rings is 1. The van der Waals surface area contributed by atoms with E-state index in [1.807, 2.05) is 13.0 Å². The van der Waals surface area contributed by atoms with Gasteiger partial charge in [0.2, 0.25) is 0 Å².